The number of nitrogens with zero attached hydrogens (tertiary/aromatic N) is 1. The number of thiophene rings is 1. The van der Waals surface area contributed by atoms with Gasteiger partial charge in [-0.15, -0.1) is 11.3 Å². The molecule has 0 aliphatic rings. The molecule has 5 rings (SSSR count). The number of aryl methyl sites for hydroxylation is 1. The van der Waals surface area contributed by atoms with Gasteiger partial charge in [-0.2, -0.15) is 0 Å². The summed E-state index contributed by atoms with van der Waals surface area (Å²) >= 11 is 1.29. The van der Waals surface area contributed by atoms with Crippen molar-refractivity contribution in [1.82, 2.24) is 4.98 Å². The fourth-order valence-corrected chi connectivity index (χ4v) is 5.44. The highest BCUT2D eigenvalue weighted by molar-refractivity contribution is 7.15. The number of aromatic nitrogens is 1. The molecule has 2 aromatic heterocycles. The molecule has 1 N–H and O–H groups in total. The predicted octanol–water partition coefficient (Wildman–Crippen LogP) is 7.38. The zero-order chi connectivity index (χ0) is 28.2. The molecular formula is C32H28N2O5S. The van der Waals surface area contributed by atoms with E-state index in [4.69, 9.17) is 19.2 Å². The molecule has 5 aromatic rings. The first-order valence-electron chi connectivity index (χ1n) is 12.7. The summed E-state index contributed by atoms with van der Waals surface area (Å²) in [6.45, 7) is 3.98. The molecule has 0 aliphatic heterocycles. The van der Waals surface area contributed by atoms with Gasteiger partial charge in [-0.05, 0) is 43.7 Å². The maximum absolute atomic E-state index is 13.9. The lowest BCUT2D eigenvalue weighted by Gasteiger charge is -2.14. The van der Waals surface area contributed by atoms with Crippen LogP contribution in [-0.4, -0.2) is 37.7 Å². The predicted molar refractivity (Wildman–Crippen MR) is 159 cm³/mol. The first-order chi connectivity index (χ1) is 19.4. The van der Waals surface area contributed by atoms with Crippen LogP contribution in [0.1, 0.15) is 33.2 Å². The summed E-state index contributed by atoms with van der Waals surface area (Å²) in [5.41, 5.74) is 5.38. The molecule has 0 saturated carbocycles. The molecule has 0 unspecified atom stereocenters. The van der Waals surface area contributed by atoms with Crippen molar-refractivity contribution in [3.63, 3.8) is 0 Å². The number of para-hydroxylation sites is 1. The van der Waals surface area contributed by atoms with Gasteiger partial charge in [0, 0.05) is 28.0 Å². The van der Waals surface area contributed by atoms with Crippen LogP contribution in [0.15, 0.2) is 78.2 Å². The van der Waals surface area contributed by atoms with Crippen LogP contribution < -0.4 is 14.8 Å². The third-order valence-electron chi connectivity index (χ3n) is 6.51. The Hall–Kier alpha value is -4.69. The Morgan fingerprint density at radius 3 is 2.42 bits per heavy atom. The lowest BCUT2D eigenvalue weighted by atomic mass is 10.0. The van der Waals surface area contributed by atoms with Crippen molar-refractivity contribution in [2.24, 2.45) is 0 Å². The SMILES string of the molecule is CCOC(=O)c1c(-c2ccc(C)cc2)csc1NC(=O)c1cc(-c2ccc(OC)cc2OC)nc2ccccc12. The van der Waals surface area contributed by atoms with E-state index < -0.39 is 5.97 Å². The van der Waals surface area contributed by atoms with Gasteiger partial charge in [-0.3, -0.25) is 4.79 Å². The van der Waals surface area contributed by atoms with E-state index in [1.54, 1.807) is 33.3 Å². The number of ether oxygens (including phenoxy) is 3. The Balaban J connectivity index is 1.59. The van der Waals surface area contributed by atoms with E-state index in [2.05, 4.69) is 5.32 Å². The Morgan fingerprint density at radius 2 is 1.70 bits per heavy atom. The van der Waals surface area contributed by atoms with E-state index in [0.717, 1.165) is 11.1 Å². The number of methoxy groups -OCH3 is 2. The highest BCUT2D eigenvalue weighted by Gasteiger charge is 2.24. The summed E-state index contributed by atoms with van der Waals surface area (Å²) in [7, 11) is 3.16. The van der Waals surface area contributed by atoms with Gasteiger partial charge >= 0.3 is 5.97 Å². The molecule has 0 saturated heterocycles. The summed E-state index contributed by atoms with van der Waals surface area (Å²) < 4.78 is 16.3. The van der Waals surface area contributed by atoms with E-state index in [1.165, 1.54) is 11.3 Å². The second-order valence-electron chi connectivity index (χ2n) is 9.03. The van der Waals surface area contributed by atoms with Gasteiger partial charge < -0.3 is 19.5 Å². The molecule has 1 amide bonds. The topological polar surface area (TPSA) is 86.8 Å². The highest BCUT2D eigenvalue weighted by atomic mass is 32.1. The molecule has 0 fully saturated rings. The molecule has 0 spiro atoms. The average Bonchev–Trinajstić information content (AvgIpc) is 3.40. The number of amides is 1. The summed E-state index contributed by atoms with van der Waals surface area (Å²) in [5.74, 6) is 0.361. The Morgan fingerprint density at radius 1 is 0.925 bits per heavy atom. The van der Waals surface area contributed by atoms with E-state index in [0.29, 0.717) is 55.4 Å². The number of rotatable bonds is 8. The van der Waals surface area contributed by atoms with Crippen molar-refractivity contribution in [2.75, 3.05) is 26.1 Å². The van der Waals surface area contributed by atoms with Crippen LogP contribution >= 0.6 is 11.3 Å². The van der Waals surface area contributed by atoms with Crippen LogP contribution in [0, 0.1) is 6.92 Å². The molecule has 0 bridgehead atoms. The van der Waals surface area contributed by atoms with Crippen LogP contribution in [0.2, 0.25) is 0 Å². The van der Waals surface area contributed by atoms with Gasteiger partial charge in [0.25, 0.3) is 5.91 Å². The quantitative estimate of drug-likeness (QED) is 0.202. The van der Waals surface area contributed by atoms with Gasteiger partial charge in [0.15, 0.2) is 0 Å². The molecule has 0 aliphatic carbocycles. The monoisotopic (exact) mass is 552 g/mol. The minimum Gasteiger partial charge on any atom is -0.497 e. The zero-order valence-corrected chi connectivity index (χ0v) is 23.4. The molecule has 3 aromatic carbocycles. The fourth-order valence-electron chi connectivity index (χ4n) is 4.48. The van der Waals surface area contributed by atoms with E-state index >= 15 is 0 Å². The number of carbonyl (C=O) groups excluding carboxylic acids is 2. The molecule has 0 radical (unpaired) electrons. The largest absolute Gasteiger partial charge is 0.497 e. The van der Waals surface area contributed by atoms with Crippen molar-refractivity contribution < 1.29 is 23.8 Å². The minimum absolute atomic E-state index is 0.220. The third-order valence-corrected chi connectivity index (χ3v) is 7.40. The number of hydrogen-bond donors (Lipinski definition) is 1. The summed E-state index contributed by atoms with van der Waals surface area (Å²) in [6, 6.07) is 22.5. The molecular weight excluding hydrogens is 524 g/mol. The van der Waals surface area contributed by atoms with E-state index in [-0.39, 0.29) is 12.5 Å². The molecule has 7 nitrogen and oxygen atoms in total. The summed E-state index contributed by atoms with van der Waals surface area (Å²) in [6.07, 6.45) is 0. The average molecular weight is 553 g/mol. The standard InChI is InChI=1S/C32H28N2O5S/c1-5-39-32(36)29-25(20-12-10-19(2)11-13-20)18-40-31(29)34-30(35)24-17-27(33-26-9-7-6-8-22(24)26)23-15-14-21(37-3)16-28(23)38-4/h6-18H,5H2,1-4H3,(H,34,35). The number of anilines is 1. The zero-order valence-electron chi connectivity index (χ0n) is 22.6. The van der Waals surface area contributed by atoms with Crippen LogP contribution in [0.5, 0.6) is 11.5 Å². The van der Waals surface area contributed by atoms with Gasteiger partial charge in [-0.1, -0.05) is 48.0 Å². The highest BCUT2D eigenvalue weighted by Crippen LogP contribution is 2.38. The maximum atomic E-state index is 13.9. The number of hydrogen-bond acceptors (Lipinski definition) is 7. The van der Waals surface area contributed by atoms with E-state index in [1.807, 2.05) is 73.0 Å². The normalized spacial score (nSPS) is 10.8. The fraction of sp³-hybridized carbons (Fsp3) is 0.156. The number of pyridine rings is 1. The van der Waals surface area contributed by atoms with E-state index in [9.17, 15) is 9.59 Å². The van der Waals surface area contributed by atoms with Crippen molar-refractivity contribution in [3.05, 3.63) is 94.9 Å². The number of benzene rings is 3. The van der Waals surface area contributed by atoms with Crippen molar-refractivity contribution >= 4 is 39.1 Å². The third kappa shape index (κ3) is 5.26. The Labute approximate surface area is 236 Å². The number of fused-ring (bicyclic) bond motifs is 1. The van der Waals surface area contributed by atoms with Crippen molar-refractivity contribution in [3.8, 4) is 33.9 Å². The first kappa shape index (κ1) is 26.9. The Kier molecular flexibility index (Phi) is 7.79. The number of carbonyl (C=O) groups is 2. The lowest BCUT2D eigenvalue weighted by Crippen LogP contribution is -2.15. The van der Waals surface area contributed by atoms with Crippen LogP contribution in [0.3, 0.4) is 0 Å². The molecule has 40 heavy (non-hydrogen) atoms. The first-order valence-corrected chi connectivity index (χ1v) is 13.6. The molecule has 2 heterocycles. The molecule has 202 valence electrons. The van der Waals surface area contributed by atoms with Crippen LogP contribution in [0.4, 0.5) is 5.00 Å². The second kappa shape index (κ2) is 11.6. The van der Waals surface area contributed by atoms with Crippen molar-refractivity contribution in [1.29, 1.82) is 0 Å². The van der Waals surface area contributed by atoms with Gasteiger partial charge in [0.1, 0.15) is 22.1 Å². The van der Waals surface area contributed by atoms with Crippen LogP contribution in [-0.2, 0) is 4.74 Å². The minimum atomic E-state index is -0.488. The van der Waals surface area contributed by atoms with Gasteiger partial charge in [0.05, 0.1) is 37.6 Å². The number of nitrogens with one attached hydrogen (secondary N) is 1. The van der Waals surface area contributed by atoms with Gasteiger partial charge in [0.2, 0.25) is 0 Å². The van der Waals surface area contributed by atoms with Crippen LogP contribution in [0.25, 0.3) is 33.3 Å². The number of esters is 1. The molecule has 8 heteroatoms. The second-order valence-corrected chi connectivity index (χ2v) is 9.91. The Bertz CT molecular complexity index is 1710. The maximum Gasteiger partial charge on any atom is 0.341 e. The van der Waals surface area contributed by atoms with Gasteiger partial charge in [-0.25, -0.2) is 9.78 Å². The van der Waals surface area contributed by atoms with Crippen molar-refractivity contribution in [2.45, 2.75) is 13.8 Å². The summed E-state index contributed by atoms with van der Waals surface area (Å²) in [4.78, 5) is 31.7. The summed E-state index contributed by atoms with van der Waals surface area (Å²) in [5, 5.41) is 5.96. The lowest BCUT2D eigenvalue weighted by molar-refractivity contribution is 0.0529. The molecule has 0 atom stereocenters. The smallest absolute Gasteiger partial charge is 0.341 e.